The molecule has 0 saturated heterocycles. The Balaban J connectivity index is 0.00000133. The predicted molar refractivity (Wildman–Crippen MR) is 81.8 cm³/mol. The molecule has 0 atom stereocenters. The summed E-state index contributed by atoms with van der Waals surface area (Å²) in [5.74, 6) is 0.118. The molecule has 0 aliphatic rings. The lowest BCUT2D eigenvalue weighted by Gasteiger charge is -2.03. The van der Waals surface area contributed by atoms with Crippen molar-refractivity contribution in [2.24, 2.45) is 0 Å². The quantitative estimate of drug-likeness (QED) is 0.466. The van der Waals surface area contributed by atoms with Gasteiger partial charge in [-0.1, -0.05) is 18.2 Å². The van der Waals surface area contributed by atoms with Crippen LogP contribution in [0.4, 0.5) is 5.69 Å². The van der Waals surface area contributed by atoms with Gasteiger partial charge in [-0.2, -0.15) is 0 Å². The van der Waals surface area contributed by atoms with Crippen LogP contribution in [0.2, 0.25) is 0 Å². The highest BCUT2D eigenvalue weighted by molar-refractivity contribution is 5.90. The van der Waals surface area contributed by atoms with Gasteiger partial charge in [0.15, 0.2) is 0 Å². The molecule has 0 fully saturated rings. The molecular weight excluding hydrogens is 260 g/mol. The van der Waals surface area contributed by atoms with E-state index in [9.17, 15) is 5.11 Å². The van der Waals surface area contributed by atoms with Gasteiger partial charge < -0.3 is 15.8 Å². The van der Waals surface area contributed by atoms with Crippen molar-refractivity contribution in [3.63, 3.8) is 0 Å². The molecule has 3 nitrogen and oxygen atoms in total. The highest BCUT2D eigenvalue weighted by atomic mass is 35.5. The molecule has 0 unspecified atom stereocenters. The van der Waals surface area contributed by atoms with Crippen LogP contribution in [0.1, 0.15) is 5.56 Å². The van der Waals surface area contributed by atoms with Crippen molar-refractivity contribution in [3.8, 4) is 17.0 Å². The molecule has 0 amide bonds. The molecule has 0 radical (unpaired) electrons. The number of anilines is 1. The second-order valence-electron chi connectivity index (χ2n) is 4.44. The smallest absolute Gasteiger partial charge is 0.138 e. The number of hydrogen-bond donors (Lipinski definition) is 3. The molecule has 2 aromatic carbocycles. The topological polar surface area (TPSA) is 62.0 Å². The average molecular weight is 275 g/mol. The summed E-state index contributed by atoms with van der Waals surface area (Å²) in [6.45, 7) is 2.08. The number of H-pyrrole nitrogens is 1. The van der Waals surface area contributed by atoms with Gasteiger partial charge >= 0.3 is 0 Å². The Labute approximate surface area is 117 Å². The zero-order chi connectivity index (χ0) is 12.7. The highest BCUT2D eigenvalue weighted by Gasteiger charge is 2.10. The fraction of sp³-hybridized carbons (Fsp3) is 0.0667. The zero-order valence-electron chi connectivity index (χ0n) is 10.5. The maximum Gasteiger partial charge on any atom is 0.138 e. The minimum absolute atomic E-state index is 0. The molecule has 1 heterocycles. The Kier molecular flexibility index (Phi) is 3.40. The number of rotatable bonds is 1. The Bertz CT molecular complexity index is 734. The van der Waals surface area contributed by atoms with Crippen molar-refractivity contribution in [3.05, 3.63) is 48.0 Å². The van der Waals surface area contributed by atoms with E-state index in [1.165, 1.54) is 10.9 Å². The third-order valence-electron chi connectivity index (χ3n) is 3.28. The molecule has 3 rings (SSSR count). The van der Waals surface area contributed by atoms with E-state index in [0.29, 0.717) is 5.69 Å². The van der Waals surface area contributed by atoms with E-state index in [1.54, 1.807) is 12.1 Å². The van der Waals surface area contributed by atoms with Crippen LogP contribution in [0.25, 0.3) is 22.2 Å². The zero-order valence-corrected chi connectivity index (χ0v) is 11.3. The third-order valence-corrected chi connectivity index (χ3v) is 3.28. The van der Waals surface area contributed by atoms with E-state index in [0.717, 1.165) is 16.8 Å². The second kappa shape index (κ2) is 4.86. The molecule has 0 aliphatic heterocycles. The number of phenols is 1. The van der Waals surface area contributed by atoms with E-state index >= 15 is 0 Å². The van der Waals surface area contributed by atoms with Crippen LogP contribution in [0, 0.1) is 6.92 Å². The lowest BCUT2D eigenvalue weighted by atomic mass is 10.1. The molecule has 0 aliphatic carbocycles. The van der Waals surface area contributed by atoms with Crippen molar-refractivity contribution < 1.29 is 5.11 Å². The van der Waals surface area contributed by atoms with Crippen molar-refractivity contribution in [1.29, 1.82) is 0 Å². The molecule has 0 spiro atoms. The maximum absolute atomic E-state index is 9.46. The normalized spacial score (nSPS) is 10.4. The Morgan fingerprint density at radius 2 is 1.84 bits per heavy atom. The molecule has 0 bridgehead atoms. The Hall–Kier alpha value is -2.13. The number of phenolic OH excluding ortho intramolecular Hbond substituents is 1. The van der Waals surface area contributed by atoms with Crippen LogP contribution >= 0.6 is 12.4 Å². The Morgan fingerprint density at radius 1 is 1.11 bits per heavy atom. The Morgan fingerprint density at radius 3 is 2.53 bits per heavy atom. The number of benzene rings is 2. The molecule has 1 aromatic heterocycles. The van der Waals surface area contributed by atoms with E-state index in [2.05, 4.69) is 24.0 Å². The van der Waals surface area contributed by atoms with E-state index in [4.69, 9.17) is 5.73 Å². The van der Waals surface area contributed by atoms with Crippen LogP contribution < -0.4 is 5.73 Å². The largest absolute Gasteiger partial charge is 0.506 e. The van der Waals surface area contributed by atoms with E-state index in [-0.39, 0.29) is 18.2 Å². The van der Waals surface area contributed by atoms with Crippen molar-refractivity contribution in [1.82, 2.24) is 4.98 Å². The van der Waals surface area contributed by atoms with E-state index in [1.807, 2.05) is 18.2 Å². The van der Waals surface area contributed by atoms with Crippen molar-refractivity contribution in [2.45, 2.75) is 6.92 Å². The summed E-state index contributed by atoms with van der Waals surface area (Å²) in [6, 6.07) is 13.4. The van der Waals surface area contributed by atoms with Gasteiger partial charge in [0.2, 0.25) is 0 Å². The standard InChI is InChI=1S/C15H14N2O.ClH/c1-9-11-4-2-3-5-13(11)17-15(9)10-6-7-14(18)12(16)8-10;/h2-8,17-18H,16H2,1H3;1H. The van der Waals surface area contributed by atoms with Crippen LogP contribution in [-0.2, 0) is 0 Å². The van der Waals surface area contributed by atoms with Gasteiger partial charge in [0.25, 0.3) is 0 Å². The van der Waals surface area contributed by atoms with Gasteiger partial charge in [0.1, 0.15) is 5.75 Å². The number of hydrogen-bond acceptors (Lipinski definition) is 2. The summed E-state index contributed by atoms with van der Waals surface area (Å²) in [4.78, 5) is 3.39. The number of aromatic hydroxyl groups is 1. The van der Waals surface area contributed by atoms with Crippen LogP contribution in [0.5, 0.6) is 5.75 Å². The number of aryl methyl sites for hydroxylation is 1. The van der Waals surface area contributed by atoms with Gasteiger partial charge in [-0.15, -0.1) is 12.4 Å². The second-order valence-corrected chi connectivity index (χ2v) is 4.44. The van der Waals surface area contributed by atoms with Crippen LogP contribution in [0.3, 0.4) is 0 Å². The van der Waals surface area contributed by atoms with Gasteiger partial charge in [-0.05, 0) is 36.8 Å². The molecule has 19 heavy (non-hydrogen) atoms. The number of nitrogens with two attached hydrogens (primary N) is 1. The minimum atomic E-state index is 0. The number of aromatic amines is 1. The van der Waals surface area contributed by atoms with Gasteiger partial charge in [-0.3, -0.25) is 0 Å². The summed E-state index contributed by atoms with van der Waals surface area (Å²) < 4.78 is 0. The van der Waals surface area contributed by atoms with Crippen LogP contribution in [-0.4, -0.2) is 10.1 Å². The summed E-state index contributed by atoms with van der Waals surface area (Å²) in [5.41, 5.74) is 10.5. The summed E-state index contributed by atoms with van der Waals surface area (Å²) >= 11 is 0. The maximum atomic E-state index is 9.46. The first-order chi connectivity index (χ1) is 8.66. The first kappa shape index (κ1) is 13.3. The number of nitrogens with one attached hydrogen (secondary N) is 1. The summed E-state index contributed by atoms with van der Waals surface area (Å²) in [6.07, 6.45) is 0. The summed E-state index contributed by atoms with van der Waals surface area (Å²) in [5, 5.41) is 10.7. The molecular formula is C15H15ClN2O. The van der Waals surface area contributed by atoms with E-state index < -0.39 is 0 Å². The average Bonchev–Trinajstić information content (AvgIpc) is 2.71. The van der Waals surface area contributed by atoms with Gasteiger partial charge in [0.05, 0.1) is 5.69 Å². The summed E-state index contributed by atoms with van der Waals surface area (Å²) in [7, 11) is 0. The number of para-hydroxylation sites is 1. The van der Waals surface area contributed by atoms with Crippen molar-refractivity contribution >= 4 is 29.0 Å². The molecule has 4 heteroatoms. The fourth-order valence-corrected chi connectivity index (χ4v) is 2.28. The molecule has 98 valence electrons. The van der Waals surface area contributed by atoms with Gasteiger partial charge in [-0.25, -0.2) is 0 Å². The SMILES string of the molecule is Cc1c(-c2ccc(O)c(N)c2)[nH]c2ccccc12.Cl. The lowest BCUT2D eigenvalue weighted by molar-refractivity contribution is 0.478. The number of fused-ring (bicyclic) bond motifs is 1. The van der Waals surface area contributed by atoms with Crippen molar-refractivity contribution in [2.75, 3.05) is 5.73 Å². The lowest BCUT2D eigenvalue weighted by Crippen LogP contribution is -1.87. The number of aromatic nitrogens is 1. The van der Waals surface area contributed by atoms with Gasteiger partial charge in [0, 0.05) is 22.2 Å². The molecule has 0 saturated carbocycles. The number of halogens is 1. The molecule has 4 N–H and O–H groups in total. The predicted octanol–water partition coefficient (Wildman–Crippen LogP) is 3.85. The monoisotopic (exact) mass is 274 g/mol. The number of nitrogen functional groups attached to an aromatic ring is 1. The third kappa shape index (κ3) is 2.13. The first-order valence-electron chi connectivity index (χ1n) is 5.83. The first-order valence-corrected chi connectivity index (χ1v) is 5.83. The minimum Gasteiger partial charge on any atom is -0.506 e. The fourth-order valence-electron chi connectivity index (χ4n) is 2.28. The molecule has 3 aromatic rings. The highest BCUT2D eigenvalue weighted by Crippen LogP contribution is 2.32. The van der Waals surface area contributed by atoms with Crippen LogP contribution in [0.15, 0.2) is 42.5 Å².